The molecule has 0 fully saturated rings. The second-order valence-electron chi connectivity index (χ2n) is 3.86. The van der Waals surface area contributed by atoms with Crippen LogP contribution in [-0.4, -0.2) is 25.0 Å². The Morgan fingerprint density at radius 2 is 2.16 bits per heavy atom. The molecular formula is C12H17ClF2N2O2. The zero-order valence-electron chi connectivity index (χ0n) is 10.4. The monoisotopic (exact) mass is 294 g/mol. The second kappa shape index (κ2) is 8.66. The van der Waals surface area contributed by atoms with Gasteiger partial charge >= 0.3 is 0 Å². The molecule has 0 unspecified atom stereocenters. The number of halogens is 3. The van der Waals surface area contributed by atoms with E-state index in [9.17, 15) is 13.6 Å². The van der Waals surface area contributed by atoms with Gasteiger partial charge in [-0.15, -0.1) is 12.4 Å². The van der Waals surface area contributed by atoms with Crippen molar-refractivity contribution in [2.24, 2.45) is 5.73 Å². The molecule has 0 spiro atoms. The lowest BCUT2D eigenvalue weighted by Gasteiger charge is -2.10. The van der Waals surface area contributed by atoms with E-state index in [4.69, 9.17) is 10.5 Å². The fraction of sp³-hybridized carbons (Fsp3) is 0.417. The number of nitrogens with one attached hydrogen (secondary N) is 1. The number of nitrogens with two attached hydrogens (primary N) is 1. The van der Waals surface area contributed by atoms with Crippen molar-refractivity contribution in [2.45, 2.75) is 25.9 Å². The predicted octanol–water partition coefficient (Wildman–Crippen LogP) is 1.72. The van der Waals surface area contributed by atoms with Gasteiger partial charge in [0.15, 0.2) is 0 Å². The average molecular weight is 295 g/mol. The number of benzene rings is 1. The van der Waals surface area contributed by atoms with Crippen molar-refractivity contribution in [1.29, 1.82) is 0 Å². The molecule has 0 aliphatic rings. The van der Waals surface area contributed by atoms with Crippen LogP contribution in [0.4, 0.5) is 8.78 Å². The lowest BCUT2D eigenvalue weighted by molar-refractivity contribution is -0.122. The van der Waals surface area contributed by atoms with E-state index in [-0.39, 0.29) is 24.9 Å². The molecule has 0 aromatic heterocycles. The first-order chi connectivity index (χ1) is 8.49. The van der Waals surface area contributed by atoms with Gasteiger partial charge in [0.25, 0.3) is 6.43 Å². The number of carbonyl (C=O) groups excluding carboxylic acids is 1. The average Bonchev–Trinajstić information content (AvgIpc) is 2.33. The van der Waals surface area contributed by atoms with Crippen LogP contribution in [0.15, 0.2) is 24.3 Å². The topological polar surface area (TPSA) is 64.4 Å². The van der Waals surface area contributed by atoms with Gasteiger partial charge in [-0.05, 0) is 24.6 Å². The van der Waals surface area contributed by atoms with Crippen molar-refractivity contribution in [3.05, 3.63) is 29.8 Å². The van der Waals surface area contributed by atoms with Gasteiger partial charge < -0.3 is 15.8 Å². The number of hydrogen-bond donors (Lipinski definition) is 2. The largest absolute Gasteiger partial charge is 0.488 e. The molecular weight excluding hydrogens is 278 g/mol. The summed E-state index contributed by atoms with van der Waals surface area (Å²) in [6, 6.07) is 6.04. The minimum absolute atomic E-state index is 0. The zero-order chi connectivity index (χ0) is 13.5. The maximum absolute atomic E-state index is 12.0. The molecule has 1 aromatic carbocycles. The molecule has 108 valence electrons. The normalized spacial score (nSPS) is 11.6. The number of hydrogen-bond acceptors (Lipinski definition) is 3. The van der Waals surface area contributed by atoms with Gasteiger partial charge in [0.2, 0.25) is 5.91 Å². The highest BCUT2D eigenvalue weighted by Gasteiger charge is 2.07. The number of ether oxygens (including phenoxy) is 1. The molecule has 1 rings (SSSR count). The number of carbonyl (C=O) groups is 1. The van der Waals surface area contributed by atoms with E-state index in [1.54, 1.807) is 31.2 Å². The van der Waals surface area contributed by atoms with E-state index in [2.05, 4.69) is 5.32 Å². The minimum atomic E-state index is -2.51. The van der Waals surface area contributed by atoms with E-state index in [0.717, 1.165) is 5.56 Å². The van der Waals surface area contributed by atoms with E-state index in [1.807, 2.05) is 0 Å². The first-order valence-corrected chi connectivity index (χ1v) is 5.52. The van der Waals surface area contributed by atoms with Gasteiger partial charge in [-0.2, -0.15) is 0 Å². The van der Waals surface area contributed by atoms with Crippen molar-refractivity contribution in [1.82, 2.24) is 5.32 Å². The van der Waals surface area contributed by atoms with Gasteiger partial charge in [0.1, 0.15) is 12.4 Å². The van der Waals surface area contributed by atoms with Crippen LogP contribution in [-0.2, 0) is 11.3 Å². The molecule has 0 saturated carbocycles. The molecule has 1 aromatic rings. The lowest BCUT2D eigenvalue weighted by atomic mass is 10.2. The Morgan fingerprint density at radius 1 is 1.47 bits per heavy atom. The van der Waals surface area contributed by atoms with Gasteiger partial charge in [-0.25, -0.2) is 8.78 Å². The fourth-order valence-electron chi connectivity index (χ4n) is 1.25. The smallest absolute Gasteiger partial charge is 0.272 e. The highest BCUT2D eigenvalue weighted by Crippen LogP contribution is 2.14. The van der Waals surface area contributed by atoms with Gasteiger partial charge in [-0.1, -0.05) is 12.1 Å². The Labute approximate surface area is 116 Å². The summed E-state index contributed by atoms with van der Waals surface area (Å²) in [5, 5.41) is 2.62. The fourth-order valence-corrected chi connectivity index (χ4v) is 1.25. The zero-order valence-corrected chi connectivity index (χ0v) is 11.3. The molecule has 0 heterocycles. The van der Waals surface area contributed by atoms with Crippen LogP contribution in [0.1, 0.15) is 12.5 Å². The van der Waals surface area contributed by atoms with Crippen molar-refractivity contribution < 1.29 is 18.3 Å². The van der Waals surface area contributed by atoms with E-state index in [0.29, 0.717) is 5.75 Å². The predicted molar refractivity (Wildman–Crippen MR) is 70.7 cm³/mol. The highest BCUT2D eigenvalue weighted by molar-refractivity contribution is 5.85. The molecule has 1 atom stereocenters. The van der Waals surface area contributed by atoms with Crippen molar-refractivity contribution in [3.63, 3.8) is 0 Å². The second-order valence-corrected chi connectivity index (χ2v) is 3.86. The third-order valence-corrected chi connectivity index (χ3v) is 2.15. The number of alkyl halides is 2. The third-order valence-electron chi connectivity index (χ3n) is 2.15. The molecule has 19 heavy (non-hydrogen) atoms. The number of rotatable bonds is 6. The van der Waals surface area contributed by atoms with Crippen LogP contribution >= 0.6 is 12.4 Å². The molecule has 0 radical (unpaired) electrons. The maximum Gasteiger partial charge on any atom is 0.272 e. The summed E-state index contributed by atoms with van der Waals surface area (Å²) >= 11 is 0. The standard InChI is InChI=1S/C12H16F2N2O2.ClH/c1-8(15)12(17)16-6-9-3-2-4-10(5-9)18-7-11(13)14;/h2-5,8,11H,6-7,15H2,1H3,(H,16,17);1H/t8-;/m1./s1. The van der Waals surface area contributed by atoms with Crippen molar-refractivity contribution >= 4 is 18.3 Å². The highest BCUT2D eigenvalue weighted by atomic mass is 35.5. The summed E-state index contributed by atoms with van der Waals surface area (Å²) in [6.07, 6.45) is -2.51. The van der Waals surface area contributed by atoms with E-state index >= 15 is 0 Å². The molecule has 0 aliphatic heterocycles. The summed E-state index contributed by atoms with van der Waals surface area (Å²) in [6.45, 7) is 1.22. The van der Waals surface area contributed by atoms with Gasteiger partial charge in [-0.3, -0.25) is 4.79 Å². The van der Waals surface area contributed by atoms with Crippen LogP contribution in [0, 0.1) is 0 Å². The number of amides is 1. The summed E-state index contributed by atoms with van der Waals surface area (Å²) in [5.74, 6) is 0.0803. The SMILES string of the molecule is C[C@@H](N)C(=O)NCc1cccc(OCC(F)F)c1.Cl. The van der Waals surface area contributed by atoms with Crippen LogP contribution in [0.3, 0.4) is 0 Å². The third kappa shape index (κ3) is 6.93. The lowest BCUT2D eigenvalue weighted by Crippen LogP contribution is -2.37. The van der Waals surface area contributed by atoms with Crippen molar-refractivity contribution in [3.8, 4) is 5.75 Å². The minimum Gasteiger partial charge on any atom is -0.488 e. The molecule has 7 heteroatoms. The van der Waals surface area contributed by atoms with E-state index in [1.165, 1.54) is 0 Å². The van der Waals surface area contributed by atoms with Crippen LogP contribution in [0.2, 0.25) is 0 Å². The summed E-state index contributed by atoms with van der Waals surface area (Å²) in [7, 11) is 0. The van der Waals surface area contributed by atoms with Gasteiger partial charge in [0, 0.05) is 6.54 Å². The molecule has 3 N–H and O–H groups in total. The van der Waals surface area contributed by atoms with Crippen LogP contribution in [0.5, 0.6) is 5.75 Å². The molecule has 4 nitrogen and oxygen atoms in total. The first-order valence-electron chi connectivity index (χ1n) is 5.52. The summed E-state index contributed by atoms with van der Waals surface area (Å²) < 4.78 is 28.8. The Hall–Kier alpha value is -1.40. The Bertz CT molecular complexity index is 403. The Kier molecular flexibility index (Phi) is 8.02. The van der Waals surface area contributed by atoms with Crippen LogP contribution < -0.4 is 15.8 Å². The van der Waals surface area contributed by atoms with Crippen LogP contribution in [0.25, 0.3) is 0 Å². The molecule has 1 amide bonds. The molecule has 0 aliphatic carbocycles. The van der Waals surface area contributed by atoms with E-state index < -0.39 is 19.1 Å². The first kappa shape index (κ1) is 17.6. The Balaban J connectivity index is 0.00000324. The Morgan fingerprint density at radius 3 is 2.74 bits per heavy atom. The van der Waals surface area contributed by atoms with Gasteiger partial charge in [0.05, 0.1) is 6.04 Å². The van der Waals surface area contributed by atoms with Crippen molar-refractivity contribution in [2.75, 3.05) is 6.61 Å². The maximum atomic E-state index is 12.0. The molecule has 0 saturated heterocycles. The quantitative estimate of drug-likeness (QED) is 0.839. The summed E-state index contributed by atoms with van der Waals surface area (Å²) in [4.78, 5) is 11.2. The molecule has 0 bridgehead atoms. The summed E-state index contributed by atoms with van der Waals surface area (Å²) in [5.41, 5.74) is 6.15.